The maximum atomic E-state index is 12.4. The molecular weight excluding hydrogens is 336 g/mol. The summed E-state index contributed by atoms with van der Waals surface area (Å²) in [6.07, 6.45) is 0.445. The van der Waals surface area contributed by atoms with Crippen molar-refractivity contribution in [3.63, 3.8) is 0 Å². The average molecular weight is 360 g/mol. The van der Waals surface area contributed by atoms with Gasteiger partial charge in [-0.3, -0.25) is 9.59 Å². The monoisotopic (exact) mass is 360 g/mol. The highest BCUT2D eigenvalue weighted by Gasteiger charge is 2.23. The fourth-order valence-electron chi connectivity index (χ4n) is 2.69. The van der Waals surface area contributed by atoms with Crippen molar-refractivity contribution in [1.82, 2.24) is 10.5 Å². The Kier molecular flexibility index (Phi) is 6.77. The van der Waals surface area contributed by atoms with Crippen molar-refractivity contribution < 1.29 is 23.6 Å². The van der Waals surface area contributed by atoms with Crippen molar-refractivity contribution in [1.29, 1.82) is 0 Å². The summed E-state index contributed by atoms with van der Waals surface area (Å²) in [6, 6.07) is 7.51. The van der Waals surface area contributed by atoms with Crippen LogP contribution in [0, 0.1) is 19.8 Å². The highest BCUT2D eigenvalue weighted by atomic mass is 16.5. The van der Waals surface area contributed by atoms with Gasteiger partial charge < -0.3 is 19.3 Å². The number of hydrogen-bond acceptors (Lipinski definition) is 6. The molecule has 1 amide bonds. The van der Waals surface area contributed by atoms with E-state index in [4.69, 9.17) is 14.0 Å². The second kappa shape index (κ2) is 9.03. The molecule has 7 heteroatoms. The van der Waals surface area contributed by atoms with Crippen LogP contribution >= 0.6 is 0 Å². The van der Waals surface area contributed by atoms with Crippen LogP contribution in [0.5, 0.6) is 5.75 Å². The van der Waals surface area contributed by atoms with Crippen LogP contribution in [0.15, 0.2) is 28.8 Å². The third-order valence-corrected chi connectivity index (χ3v) is 4.02. The second-order valence-electron chi connectivity index (χ2n) is 5.91. The molecule has 0 aliphatic rings. The Morgan fingerprint density at radius 3 is 2.46 bits per heavy atom. The summed E-state index contributed by atoms with van der Waals surface area (Å²) in [5.74, 6) is 0.0286. The van der Waals surface area contributed by atoms with E-state index in [0.717, 1.165) is 11.3 Å². The molecule has 2 rings (SSSR count). The molecule has 140 valence electrons. The lowest BCUT2D eigenvalue weighted by Gasteiger charge is -2.16. The molecule has 0 aliphatic carbocycles. The van der Waals surface area contributed by atoms with Gasteiger partial charge in [0.2, 0.25) is 0 Å². The highest BCUT2D eigenvalue weighted by molar-refractivity contribution is 5.96. The number of amides is 1. The van der Waals surface area contributed by atoms with Gasteiger partial charge in [-0.15, -0.1) is 0 Å². The Morgan fingerprint density at radius 1 is 1.23 bits per heavy atom. The minimum absolute atomic E-state index is 0.156. The fourth-order valence-corrected chi connectivity index (χ4v) is 2.69. The number of nitrogens with zero attached hydrogens (tertiary/aromatic N) is 1. The van der Waals surface area contributed by atoms with E-state index in [0.29, 0.717) is 30.0 Å². The summed E-state index contributed by atoms with van der Waals surface area (Å²) in [4.78, 5) is 24.4. The zero-order chi connectivity index (χ0) is 19.1. The van der Waals surface area contributed by atoms with Gasteiger partial charge in [-0.05, 0) is 44.9 Å². The molecule has 7 nitrogen and oxygen atoms in total. The number of rotatable bonds is 8. The van der Waals surface area contributed by atoms with Crippen LogP contribution in [-0.2, 0) is 16.0 Å². The molecule has 1 aromatic heterocycles. The lowest BCUT2D eigenvalue weighted by Crippen LogP contribution is -2.35. The number of nitrogens with one attached hydrogen (secondary N) is 1. The molecule has 26 heavy (non-hydrogen) atoms. The zero-order valence-electron chi connectivity index (χ0n) is 15.5. The van der Waals surface area contributed by atoms with Crippen molar-refractivity contribution in [3.05, 3.63) is 46.8 Å². The molecule has 1 atom stereocenters. The Balaban J connectivity index is 2.03. The number of ether oxygens (including phenoxy) is 2. The molecule has 0 saturated heterocycles. The third kappa shape index (κ3) is 4.84. The summed E-state index contributed by atoms with van der Waals surface area (Å²) < 4.78 is 15.3. The van der Waals surface area contributed by atoms with E-state index in [2.05, 4.69) is 10.5 Å². The van der Waals surface area contributed by atoms with Crippen LogP contribution < -0.4 is 10.1 Å². The van der Waals surface area contributed by atoms with Crippen LogP contribution in [0.1, 0.15) is 34.3 Å². The molecule has 2 aromatic rings. The molecule has 1 heterocycles. The molecular formula is C19H24N2O5. The molecule has 1 unspecified atom stereocenters. The predicted octanol–water partition coefficient (Wildman–Crippen LogP) is 2.45. The topological polar surface area (TPSA) is 90.7 Å². The number of carbonyl (C=O) groups excluding carboxylic acids is 2. The summed E-state index contributed by atoms with van der Waals surface area (Å²) in [6.45, 7) is 6.04. The van der Waals surface area contributed by atoms with Crippen LogP contribution in [0.25, 0.3) is 0 Å². The maximum Gasteiger partial charge on any atom is 0.310 e. The van der Waals surface area contributed by atoms with E-state index in [-0.39, 0.29) is 18.4 Å². The van der Waals surface area contributed by atoms with Crippen molar-refractivity contribution >= 4 is 11.9 Å². The summed E-state index contributed by atoms with van der Waals surface area (Å²) in [5, 5.41) is 6.54. The van der Waals surface area contributed by atoms with Crippen molar-refractivity contribution in [2.75, 3.05) is 20.3 Å². The first-order valence-corrected chi connectivity index (χ1v) is 8.46. The molecule has 0 spiro atoms. The number of methoxy groups -OCH3 is 1. The van der Waals surface area contributed by atoms with Gasteiger partial charge in [-0.25, -0.2) is 0 Å². The molecule has 0 fully saturated rings. The van der Waals surface area contributed by atoms with Crippen LogP contribution in [-0.4, -0.2) is 37.3 Å². The number of aromatic nitrogens is 1. The minimum Gasteiger partial charge on any atom is -0.494 e. The largest absolute Gasteiger partial charge is 0.494 e. The molecule has 0 radical (unpaired) electrons. The van der Waals surface area contributed by atoms with E-state index in [1.165, 1.54) is 7.11 Å². The summed E-state index contributed by atoms with van der Waals surface area (Å²) >= 11 is 0. The predicted molar refractivity (Wildman–Crippen MR) is 95.1 cm³/mol. The lowest BCUT2D eigenvalue weighted by atomic mass is 9.99. The Bertz CT molecular complexity index is 732. The van der Waals surface area contributed by atoms with Gasteiger partial charge in [-0.2, -0.15) is 0 Å². The first-order valence-electron chi connectivity index (χ1n) is 8.46. The summed E-state index contributed by atoms with van der Waals surface area (Å²) in [7, 11) is 1.34. The number of aryl methyl sites for hydroxylation is 2. The average Bonchev–Trinajstić information content (AvgIpc) is 2.97. The Morgan fingerprint density at radius 2 is 1.92 bits per heavy atom. The number of benzene rings is 1. The van der Waals surface area contributed by atoms with Gasteiger partial charge in [-0.1, -0.05) is 17.3 Å². The van der Waals surface area contributed by atoms with Crippen LogP contribution in [0.3, 0.4) is 0 Å². The quantitative estimate of drug-likeness (QED) is 0.727. The van der Waals surface area contributed by atoms with Gasteiger partial charge in [0.1, 0.15) is 17.1 Å². The van der Waals surface area contributed by atoms with Gasteiger partial charge in [0, 0.05) is 6.54 Å². The SMILES string of the molecule is CCOc1ccc(CC(CNC(=O)c2c(C)noc2C)C(=O)OC)cc1. The standard InChI is InChI=1S/C19H24N2O5/c1-5-25-16-8-6-14(7-9-16)10-15(19(23)24-4)11-20-18(22)17-12(2)21-26-13(17)3/h6-9,15H,5,10-11H2,1-4H3,(H,20,22). The third-order valence-electron chi connectivity index (χ3n) is 4.02. The smallest absolute Gasteiger partial charge is 0.310 e. The Hall–Kier alpha value is -2.83. The molecule has 0 saturated carbocycles. The van der Waals surface area contributed by atoms with E-state index >= 15 is 0 Å². The first kappa shape index (κ1) is 19.5. The van der Waals surface area contributed by atoms with E-state index in [1.807, 2.05) is 31.2 Å². The van der Waals surface area contributed by atoms with Gasteiger partial charge in [0.15, 0.2) is 0 Å². The normalized spacial score (nSPS) is 11.7. The minimum atomic E-state index is -0.498. The fraction of sp³-hybridized carbons (Fsp3) is 0.421. The van der Waals surface area contributed by atoms with Crippen molar-refractivity contribution in [2.45, 2.75) is 27.2 Å². The van der Waals surface area contributed by atoms with Crippen molar-refractivity contribution in [2.24, 2.45) is 5.92 Å². The van der Waals surface area contributed by atoms with Crippen molar-refractivity contribution in [3.8, 4) is 5.75 Å². The first-order chi connectivity index (χ1) is 12.5. The zero-order valence-corrected chi connectivity index (χ0v) is 15.5. The maximum absolute atomic E-state index is 12.4. The number of hydrogen-bond donors (Lipinski definition) is 1. The van der Waals surface area contributed by atoms with Crippen LogP contribution in [0.2, 0.25) is 0 Å². The molecule has 1 aromatic carbocycles. The molecule has 1 N–H and O–H groups in total. The molecule has 0 bridgehead atoms. The van der Waals surface area contributed by atoms with E-state index in [1.54, 1.807) is 13.8 Å². The van der Waals surface area contributed by atoms with Gasteiger partial charge in [0.25, 0.3) is 5.91 Å². The highest BCUT2D eigenvalue weighted by Crippen LogP contribution is 2.17. The van der Waals surface area contributed by atoms with Crippen LogP contribution in [0.4, 0.5) is 0 Å². The molecule has 0 aliphatic heterocycles. The van der Waals surface area contributed by atoms with Gasteiger partial charge >= 0.3 is 5.97 Å². The lowest BCUT2D eigenvalue weighted by molar-refractivity contribution is -0.145. The van der Waals surface area contributed by atoms with E-state index in [9.17, 15) is 9.59 Å². The number of esters is 1. The van der Waals surface area contributed by atoms with E-state index < -0.39 is 5.92 Å². The number of carbonyl (C=O) groups is 2. The van der Waals surface area contributed by atoms with Gasteiger partial charge in [0.05, 0.1) is 25.3 Å². The summed E-state index contributed by atoms with van der Waals surface area (Å²) in [5.41, 5.74) is 1.87. The Labute approximate surface area is 152 Å². The second-order valence-corrected chi connectivity index (χ2v) is 5.91.